The highest BCUT2D eigenvalue weighted by molar-refractivity contribution is 7.14. The van der Waals surface area contributed by atoms with Crippen molar-refractivity contribution in [2.45, 2.75) is 6.92 Å². The van der Waals surface area contributed by atoms with Crippen molar-refractivity contribution in [1.82, 2.24) is 4.98 Å². The maximum Gasteiger partial charge on any atom is 0.265 e. The van der Waals surface area contributed by atoms with E-state index in [0.717, 1.165) is 11.3 Å². The van der Waals surface area contributed by atoms with Crippen molar-refractivity contribution in [3.8, 4) is 28.5 Å². The summed E-state index contributed by atoms with van der Waals surface area (Å²) in [4.78, 5) is 30.6. The number of thiazole rings is 1. The molecule has 0 saturated carbocycles. The van der Waals surface area contributed by atoms with Crippen LogP contribution < -0.4 is 24.4 Å². The van der Waals surface area contributed by atoms with E-state index >= 15 is 0 Å². The van der Waals surface area contributed by atoms with Crippen molar-refractivity contribution < 1.29 is 23.8 Å². The van der Waals surface area contributed by atoms with E-state index in [1.165, 1.54) is 11.3 Å². The van der Waals surface area contributed by atoms with Crippen molar-refractivity contribution in [2.24, 2.45) is 0 Å². The van der Waals surface area contributed by atoms with Crippen LogP contribution in [0.5, 0.6) is 17.2 Å². The Labute approximate surface area is 195 Å². The van der Waals surface area contributed by atoms with Crippen LogP contribution >= 0.6 is 11.3 Å². The summed E-state index contributed by atoms with van der Waals surface area (Å²) in [6, 6.07) is 12.6. The van der Waals surface area contributed by atoms with Crippen molar-refractivity contribution in [3.63, 3.8) is 0 Å². The lowest BCUT2D eigenvalue weighted by Crippen LogP contribution is -2.38. The van der Waals surface area contributed by atoms with E-state index in [2.05, 4.69) is 16.9 Å². The van der Waals surface area contributed by atoms with Gasteiger partial charge in [-0.05, 0) is 49.4 Å². The summed E-state index contributed by atoms with van der Waals surface area (Å²) >= 11 is 1.31. The Morgan fingerprint density at radius 3 is 2.73 bits per heavy atom. The fourth-order valence-corrected chi connectivity index (χ4v) is 3.99. The second kappa shape index (κ2) is 10.2. The highest BCUT2D eigenvalue weighted by Gasteiger charge is 2.25. The van der Waals surface area contributed by atoms with Gasteiger partial charge in [0.2, 0.25) is 0 Å². The van der Waals surface area contributed by atoms with Crippen LogP contribution in [0.15, 0.2) is 60.5 Å². The molecule has 0 fully saturated rings. The molecule has 1 N–H and O–H groups in total. The number of aromatic nitrogens is 1. The van der Waals surface area contributed by atoms with Gasteiger partial charge in [-0.3, -0.25) is 14.9 Å². The molecule has 0 saturated heterocycles. The molecule has 2 amide bonds. The van der Waals surface area contributed by atoms with Gasteiger partial charge in [-0.1, -0.05) is 6.08 Å². The Kier molecular flexibility index (Phi) is 6.89. The van der Waals surface area contributed by atoms with Crippen molar-refractivity contribution in [2.75, 3.05) is 36.6 Å². The van der Waals surface area contributed by atoms with Gasteiger partial charge in [0.15, 0.2) is 18.3 Å². The molecule has 2 aromatic carbocycles. The minimum Gasteiger partial charge on any atom is -0.494 e. The number of carbonyl (C=O) groups excluding carboxylic acids is 2. The highest BCUT2D eigenvalue weighted by atomic mass is 32.1. The summed E-state index contributed by atoms with van der Waals surface area (Å²) < 4.78 is 16.4. The average molecular weight is 466 g/mol. The summed E-state index contributed by atoms with van der Waals surface area (Å²) in [7, 11) is 0. The van der Waals surface area contributed by atoms with Crippen molar-refractivity contribution in [1.29, 1.82) is 0 Å². The van der Waals surface area contributed by atoms with Crippen LogP contribution in [0, 0.1) is 0 Å². The van der Waals surface area contributed by atoms with Gasteiger partial charge in [-0.15, -0.1) is 17.9 Å². The number of hydrogen-bond acceptors (Lipinski definition) is 7. The zero-order chi connectivity index (χ0) is 23.2. The Morgan fingerprint density at radius 1 is 1.24 bits per heavy atom. The second-order valence-corrected chi connectivity index (χ2v) is 7.90. The van der Waals surface area contributed by atoms with Crippen LogP contribution in [0.4, 0.5) is 10.8 Å². The molecule has 0 atom stereocenters. The van der Waals surface area contributed by atoms with Crippen LogP contribution in [-0.4, -0.2) is 43.2 Å². The molecule has 1 aromatic heterocycles. The number of nitrogens with zero attached hydrogens (tertiary/aromatic N) is 2. The number of hydrogen-bond donors (Lipinski definition) is 1. The maximum atomic E-state index is 12.3. The third-order valence-corrected chi connectivity index (χ3v) is 5.52. The highest BCUT2D eigenvalue weighted by Crippen LogP contribution is 2.36. The molecule has 33 heavy (non-hydrogen) atoms. The molecule has 4 rings (SSSR count). The summed E-state index contributed by atoms with van der Waals surface area (Å²) in [5.41, 5.74) is 2.16. The third kappa shape index (κ3) is 5.32. The zero-order valence-electron chi connectivity index (χ0n) is 18.1. The molecule has 0 aliphatic carbocycles. The van der Waals surface area contributed by atoms with E-state index in [0.29, 0.717) is 41.2 Å². The normalized spacial score (nSPS) is 12.5. The first kappa shape index (κ1) is 22.3. The number of anilines is 2. The standard InChI is InChI=1S/C24H23N3O5S/c1-3-11-27-20-12-16(5-10-21(20)32-14-23(27)29)19-15-33-24(25-19)26-22(28)13-31-18-8-6-17(7-9-18)30-4-2/h3,5-10,12,15H,1,4,11,13-14H2,2H3,(H,25,26,28). The lowest BCUT2D eigenvalue weighted by Gasteiger charge is -2.28. The van der Waals surface area contributed by atoms with Gasteiger partial charge in [-0.2, -0.15) is 0 Å². The van der Waals surface area contributed by atoms with E-state index < -0.39 is 0 Å². The molecule has 9 heteroatoms. The fourth-order valence-electron chi connectivity index (χ4n) is 3.26. The lowest BCUT2D eigenvalue weighted by atomic mass is 10.1. The number of benzene rings is 2. The van der Waals surface area contributed by atoms with E-state index in [1.807, 2.05) is 30.5 Å². The van der Waals surface area contributed by atoms with Crippen LogP contribution in [0.3, 0.4) is 0 Å². The average Bonchev–Trinajstić information content (AvgIpc) is 3.29. The lowest BCUT2D eigenvalue weighted by molar-refractivity contribution is -0.121. The first-order valence-electron chi connectivity index (χ1n) is 10.4. The van der Waals surface area contributed by atoms with Gasteiger partial charge in [0.25, 0.3) is 11.8 Å². The van der Waals surface area contributed by atoms with Gasteiger partial charge in [-0.25, -0.2) is 4.98 Å². The summed E-state index contributed by atoms with van der Waals surface area (Å²) in [5.74, 6) is 1.51. The van der Waals surface area contributed by atoms with Crippen molar-refractivity contribution in [3.05, 3.63) is 60.5 Å². The molecule has 1 aliphatic heterocycles. The maximum absolute atomic E-state index is 12.3. The van der Waals surface area contributed by atoms with E-state index in [-0.39, 0.29) is 25.0 Å². The summed E-state index contributed by atoms with van der Waals surface area (Å²) in [5, 5.41) is 5.05. The van der Waals surface area contributed by atoms with Gasteiger partial charge < -0.3 is 19.1 Å². The van der Waals surface area contributed by atoms with E-state index in [1.54, 1.807) is 35.2 Å². The molecular formula is C24H23N3O5S. The second-order valence-electron chi connectivity index (χ2n) is 7.04. The molecule has 2 heterocycles. The van der Waals surface area contributed by atoms with Gasteiger partial charge in [0.1, 0.15) is 17.2 Å². The first-order valence-corrected chi connectivity index (χ1v) is 11.2. The number of fused-ring (bicyclic) bond motifs is 1. The molecule has 0 spiro atoms. The summed E-state index contributed by atoms with van der Waals surface area (Å²) in [6.45, 7) is 6.48. The predicted octanol–water partition coefficient (Wildman–Crippen LogP) is 4.14. The number of rotatable bonds is 9. The first-order chi connectivity index (χ1) is 16.1. The molecule has 1 aliphatic rings. The van der Waals surface area contributed by atoms with E-state index in [4.69, 9.17) is 14.2 Å². The van der Waals surface area contributed by atoms with Gasteiger partial charge >= 0.3 is 0 Å². The molecular weight excluding hydrogens is 442 g/mol. The van der Waals surface area contributed by atoms with Crippen LogP contribution in [0.2, 0.25) is 0 Å². The Bertz CT molecular complexity index is 1160. The zero-order valence-corrected chi connectivity index (χ0v) is 18.9. The van der Waals surface area contributed by atoms with Gasteiger partial charge in [0, 0.05) is 17.5 Å². The summed E-state index contributed by atoms with van der Waals surface area (Å²) in [6.07, 6.45) is 1.67. The minimum absolute atomic E-state index is 0.00575. The SMILES string of the molecule is C=CCN1C(=O)COc2ccc(-c3csc(NC(=O)COc4ccc(OCC)cc4)n3)cc21. The van der Waals surface area contributed by atoms with E-state index in [9.17, 15) is 9.59 Å². The monoisotopic (exact) mass is 465 g/mol. The molecule has 3 aromatic rings. The van der Waals surface area contributed by atoms with Crippen LogP contribution in [0.25, 0.3) is 11.3 Å². The topological polar surface area (TPSA) is 90.0 Å². The Hall–Kier alpha value is -3.85. The fraction of sp³-hybridized carbons (Fsp3) is 0.208. The van der Waals surface area contributed by atoms with Crippen LogP contribution in [-0.2, 0) is 9.59 Å². The minimum atomic E-state index is -0.314. The smallest absolute Gasteiger partial charge is 0.265 e. The molecule has 0 bridgehead atoms. The molecule has 0 radical (unpaired) electrons. The number of carbonyl (C=O) groups is 2. The molecule has 170 valence electrons. The quantitative estimate of drug-likeness (QED) is 0.478. The van der Waals surface area contributed by atoms with Crippen LogP contribution in [0.1, 0.15) is 6.92 Å². The Balaban J connectivity index is 1.39. The van der Waals surface area contributed by atoms with Crippen molar-refractivity contribution >= 4 is 34.0 Å². The number of ether oxygens (including phenoxy) is 3. The number of amides is 2. The third-order valence-electron chi connectivity index (χ3n) is 4.76. The number of nitrogens with one attached hydrogen (secondary N) is 1. The molecule has 8 nitrogen and oxygen atoms in total. The predicted molar refractivity (Wildman–Crippen MR) is 127 cm³/mol. The van der Waals surface area contributed by atoms with Gasteiger partial charge in [0.05, 0.1) is 18.0 Å². The Morgan fingerprint density at radius 2 is 2.00 bits per heavy atom. The largest absolute Gasteiger partial charge is 0.494 e. The molecule has 0 unspecified atom stereocenters.